The first kappa shape index (κ1) is 29.3. The molecule has 1 fully saturated rings. The zero-order valence-electron chi connectivity index (χ0n) is 22.9. The maximum Gasteiger partial charge on any atom is 0.244 e. The first-order chi connectivity index (χ1) is 18.0. The molecule has 0 bridgehead atoms. The van der Waals surface area contributed by atoms with E-state index in [1.165, 1.54) is 12.0 Å². The standard InChI is InChI=1S/C28H39N3O6S/c1-20-11-16-26(37-4)25(17-20)31(38(5,34)35)19-27(32)30(18-22-12-14-24(36-3)15-13-22)21(2)28(33)29-23-9-7-6-8-10-23/h11-17,21,23H,6-10,18-19H2,1-5H3,(H,29,33)/t21-/m0/s1. The fourth-order valence-electron chi connectivity index (χ4n) is 4.67. The van der Waals surface area contributed by atoms with E-state index in [2.05, 4.69) is 5.32 Å². The molecule has 0 aliphatic heterocycles. The molecule has 1 saturated carbocycles. The van der Waals surface area contributed by atoms with Crippen LogP contribution in [0.5, 0.6) is 11.5 Å². The third kappa shape index (κ3) is 7.63. The van der Waals surface area contributed by atoms with E-state index in [9.17, 15) is 18.0 Å². The van der Waals surface area contributed by atoms with Crippen LogP contribution in [0.15, 0.2) is 42.5 Å². The zero-order chi connectivity index (χ0) is 27.9. The van der Waals surface area contributed by atoms with E-state index in [1.54, 1.807) is 44.4 Å². The Hall–Kier alpha value is -3.27. The molecule has 0 saturated heterocycles. The predicted molar refractivity (Wildman–Crippen MR) is 148 cm³/mol. The Kier molecular flexibility index (Phi) is 10.0. The Labute approximate surface area is 226 Å². The molecule has 0 unspecified atom stereocenters. The number of rotatable bonds is 11. The van der Waals surface area contributed by atoms with Crippen LogP contribution in [0.25, 0.3) is 0 Å². The number of nitrogens with one attached hydrogen (secondary N) is 1. The highest BCUT2D eigenvalue weighted by molar-refractivity contribution is 7.92. The lowest BCUT2D eigenvalue weighted by Crippen LogP contribution is -2.53. The summed E-state index contributed by atoms with van der Waals surface area (Å²) >= 11 is 0. The average Bonchev–Trinajstić information content (AvgIpc) is 2.90. The maximum absolute atomic E-state index is 13.8. The molecule has 0 radical (unpaired) electrons. The van der Waals surface area contributed by atoms with Gasteiger partial charge in [-0.15, -0.1) is 0 Å². The van der Waals surface area contributed by atoms with Gasteiger partial charge in [0.2, 0.25) is 21.8 Å². The van der Waals surface area contributed by atoms with Crippen molar-refractivity contribution in [3.8, 4) is 11.5 Å². The third-order valence-electron chi connectivity index (χ3n) is 6.91. The van der Waals surface area contributed by atoms with Crippen molar-refractivity contribution in [1.82, 2.24) is 10.2 Å². The molecule has 0 heterocycles. The normalized spacial score (nSPS) is 14.9. The summed E-state index contributed by atoms with van der Waals surface area (Å²) in [5.74, 6) is 0.252. The molecule has 1 atom stereocenters. The molecule has 2 aromatic carbocycles. The minimum atomic E-state index is -3.86. The number of aryl methyl sites for hydroxylation is 1. The van der Waals surface area contributed by atoms with Gasteiger partial charge >= 0.3 is 0 Å². The van der Waals surface area contributed by atoms with E-state index < -0.39 is 28.5 Å². The summed E-state index contributed by atoms with van der Waals surface area (Å²) in [4.78, 5) is 28.5. The monoisotopic (exact) mass is 545 g/mol. The van der Waals surface area contributed by atoms with Crippen molar-refractivity contribution in [1.29, 1.82) is 0 Å². The average molecular weight is 546 g/mol. The van der Waals surface area contributed by atoms with Crippen LogP contribution in [0.3, 0.4) is 0 Å². The highest BCUT2D eigenvalue weighted by Gasteiger charge is 2.32. The number of hydrogen-bond donors (Lipinski definition) is 1. The lowest BCUT2D eigenvalue weighted by Gasteiger charge is -2.33. The second kappa shape index (κ2) is 13.0. The summed E-state index contributed by atoms with van der Waals surface area (Å²) in [6, 6.07) is 11.6. The van der Waals surface area contributed by atoms with Crippen molar-refractivity contribution in [2.45, 2.75) is 64.6 Å². The fraction of sp³-hybridized carbons (Fsp3) is 0.500. The molecule has 1 aliphatic rings. The van der Waals surface area contributed by atoms with E-state index in [1.807, 2.05) is 19.1 Å². The van der Waals surface area contributed by atoms with Gasteiger partial charge < -0.3 is 19.7 Å². The number of carbonyl (C=O) groups excluding carboxylic acids is 2. The molecule has 10 heteroatoms. The molecule has 2 amide bonds. The summed E-state index contributed by atoms with van der Waals surface area (Å²) in [5.41, 5.74) is 1.87. The Morgan fingerprint density at radius 2 is 1.68 bits per heavy atom. The summed E-state index contributed by atoms with van der Waals surface area (Å²) in [6.45, 7) is 3.16. The summed E-state index contributed by atoms with van der Waals surface area (Å²) < 4.78 is 37.4. The molecule has 0 spiro atoms. The largest absolute Gasteiger partial charge is 0.497 e. The van der Waals surface area contributed by atoms with Crippen molar-refractivity contribution in [3.63, 3.8) is 0 Å². The van der Waals surface area contributed by atoms with Gasteiger partial charge in [-0.05, 0) is 62.1 Å². The van der Waals surface area contributed by atoms with Gasteiger partial charge in [-0.3, -0.25) is 13.9 Å². The second-order valence-electron chi connectivity index (χ2n) is 9.83. The van der Waals surface area contributed by atoms with Crippen LogP contribution in [0.2, 0.25) is 0 Å². The fourth-order valence-corrected chi connectivity index (χ4v) is 5.51. The summed E-state index contributed by atoms with van der Waals surface area (Å²) in [5, 5.41) is 3.09. The number of ether oxygens (including phenoxy) is 2. The molecule has 208 valence electrons. The lowest BCUT2D eigenvalue weighted by molar-refractivity contribution is -0.139. The number of nitrogens with zero attached hydrogens (tertiary/aromatic N) is 2. The van der Waals surface area contributed by atoms with Gasteiger partial charge in [0.25, 0.3) is 0 Å². The van der Waals surface area contributed by atoms with E-state index in [4.69, 9.17) is 9.47 Å². The number of amides is 2. The zero-order valence-corrected chi connectivity index (χ0v) is 23.7. The van der Waals surface area contributed by atoms with E-state index in [0.717, 1.165) is 53.8 Å². The highest BCUT2D eigenvalue weighted by Crippen LogP contribution is 2.31. The van der Waals surface area contributed by atoms with E-state index >= 15 is 0 Å². The minimum absolute atomic E-state index is 0.0840. The van der Waals surface area contributed by atoms with Crippen molar-refractivity contribution < 1.29 is 27.5 Å². The third-order valence-corrected chi connectivity index (χ3v) is 8.04. The smallest absolute Gasteiger partial charge is 0.244 e. The number of anilines is 1. The Morgan fingerprint density at radius 3 is 2.26 bits per heavy atom. The van der Waals surface area contributed by atoms with Gasteiger partial charge in [-0.25, -0.2) is 8.42 Å². The Morgan fingerprint density at radius 1 is 1.03 bits per heavy atom. The van der Waals surface area contributed by atoms with E-state index in [-0.39, 0.29) is 24.2 Å². The summed E-state index contributed by atoms with van der Waals surface area (Å²) in [6.07, 6.45) is 6.17. The van der Waals surface area contributed by atoms with Crippen LogP contribution in [-0.2, 0) is 26.2 Å². The van der Waals surface area contributed by atoms with Gasteiger partial charge in [0.1, 0.15) is 24.1 Å². The van der Waals surface area contributed by atoms with Crippen LogP contribution >= 0.6 is 0 Å². The number of carbonyl (C=O) groups is 2. The topological polar surface area (TPSA) is 105 Å². The van der Waals surface area contributed by atoms with Crippen molar-refractivity contribution in [2.24, 2.45) is 0 Å². The van der Waals surface area contributed by atoms with Crippen molar-refractivity contribution in [2.75, 3.05) is 31.3 Å². The minimum Gasteiger partial charge on any atom is -0.497 e. The lowest BCUT2D eigenvalue weighted by atomic mass is 9.95. The number of benzene rings is 2. The van der Waals surface area contributed by atoms with Gasteiger partial charge in [0, 0.05) is 12.6 Å². The molecular weight excluding hydrogens is 506 g/mol. The van der Waals surface area contributed by atoms with Gasteiger partial charge in [0.15, 0.2) is 0 Å². The van der Waals surface area contributed by atoms with Crippen LogP contribution in [0, 0.1) is 6.92 Å². The van der Waals surface area contributed by atoms with Crippen LogP contribution in [0.1, 0.15) is 50.2 Å². The molecule has 1 N–H and O–H groups in total. The van der Waals surface area contributed by atoms with Crippen LogP contribution < -0.4 is 19.1 Å². The van der Waals surface area contributed by atoms with Crippen LogP contribution in [0.4, 0.5) is 5.69 Å². The molecule has 0 aromatic heterocycles. The molecular formula is C28H39N3O6S. The number of methoxy groups -OCH3 is 2. The molecule has 1 aliphatic carbocycles. The maximum atomic E-state index is 13.8. The second-order valence-corrected chi connectivity index (χ2v) is 11.7. The predicted octanol–water partition coefficient (Wildman–Crippen LogP) is 3.64. The Balaban J connectivity index is 1.92. The van der Waals surface area contributed by atoms with Gasteiger partial charge in [0.05, 0.1) is 26.2 Å². The Bertz CT molecular complexity index is 1210. The summed E-state index contributed by atoms with van der Waals surface area (Å²) in [7, 11) is -0.838. The van der Waals surface area contributed by atoms with Gasteiger partial charge in [-0.1, -0.05) is 37.5 Å². The SMILES string of the molecule is COc1ccc(CN(C(=O)CN(c2cc(C)ccc2OC)S(C)(=O)=O)[C@@H](C)C(=O)NC2CCCCC2)cc1. The number of hydrogen-bond acceptors (Lipinski definition) is 6. The molecule has 2 aromatic rings. The van der Waals surface area contributed by atoms with Gasteiger partial charge in [-0.2, -0.15) is 0 Å². The van der Waals surface area contributed by atoms with Crippen molar-refractivity contribution >= 4 is 27.5 Å². The quantitative estimate of drug-likeness (QED) is 0.462. The highest BCUT2D eigenvalue weighted by atomic mass is 32.2. The molecule has 9 nitrogen and oxygen atoms in total. The number of sulfonamides is 1. The van der Waals surface area contributed by atoms with Crippen molar-refractivity contribution in [3.05, 3.63) is 53.6 Å². The molecule has 38 heavy (non-hydrogen) atoms. The first-order valence-corrected chi connectivity index (χ1v) is 14.7. The molecule has 3 rings (SSSR count). The first-order valence-electron chi connectivity index (χ1n) is 12.9. The van der Waals surface area contributed by atoms with E-state index in [0.29, 0.717) is 11.5 Å². The van der Waals surface area contributed by atoms with Crippen LogP contribution in [-0.4, -0.2) is 64.2 Å².